The quantitative estimate of drug-likeness (QED) is 0.830. The van der Waals surface area contributed by atoms with E-state index in [1.54, 1.807) is 0 Å². The first kappa shape index (κ1) is 11.4. The van der Waals surface area contributed by atoms with Crippen LogP contribution in [0.15, 0.2) is 18.3 Å². The topological polar surface area (TPSA) is 42.1 Å². The SMILES string of the molecule is CC1CCN(c2ccc([C@@H](C)N)cn2)CC1. The minimum Gasteiger partial charge on any atom is -0.357 e. The second-order valence-electron chi connectivity index (χ2n) is 4.91. The van der Waals surface area contributed by atoms with Crippen molar-refractivity contribution in [3.05, 3.63) is 23.9 Å². The molecule has 3 nitrogen and oxygen atoms in total. The van der Waals surface area contributed by atoms with Crippen molar-refractivity contribution in [1.29, 1.82) is 0 Å². The lowest BCUT2D eigenvalue weighted by atomic mass is 9.99. The normalized spacial score (nSPS) is 19.8. The molecule has 0 amide bonds. The van der Waals surface area contributed by atoms with Crippen LogP contribution in [0.25, 0.3) is 0 Å². The fourth-order valence-electron chi connectivity index (χ4n) is 2.09. The minimum atomic E-state index is 0.0722. The van der Waals surface area contributed by atoms with Gasteiger partial charge in [-0.25, -0.2) is 4.98 Å². The summed E-state index contributed by atoms with van der Waals surface area (Å²) >= 11 is 0. The minimum absolute atomic E-state index is 0.0722. The maximum absolute atomic E-state index is 5.81. The van der Waals surface area contributed by atoms with Gasteiger partial charge in [0.25, 0.3) is 0 Å². The predicted octanol–water partition coefficient (Wildman–Crippen LogP) is 2.34. The van der Waals surface area contributed by atoms with Gasteiger partial charge in [-0.15, -0.1) is 0 Å². The zero-order valence-electron chi connectivity index (χ0n) is 10.2. The number of aromatic nitrogens is 1. The third-order valence-corrected chi connectivity index (χ3v) is 3.40. The Balaban J connectivity index is 2.04. The molecule has 3 heteroatoms. The van der Waals surface area contributed by atoms with Gasteiger partial charge in [-0.05, 0) is 37.3 Å². The first-order valence-corrected chi connectivity index (χ1v) is 6.13. The van der Waals surface area contributed by atoms with Crippen LogP contribution in [0.4, 0.5) is 5.82 Å². The van der Waals surface area contributed by atoms with Gasteiger partial charge in [-0.3, -0.25) is 0 Å². The number of nitrogens with zero attached hydrogens (tertiary/aromatic N) is 2. The van der Waals surface area contributed by atoms with E-state index in [1.807, 2.05) is 13.1 Å². The van der Waals surface area contributed by atoms with E-state index in [1.165, 1.54) is 12.8 Å². The molecule has 1 aliphatic heterocycles. The average molecular weight is 219 g/mol. The molecule has 1 saturated heterocycles. The van der Waals surface area contributed by atoms with Crippen molar-refractivity contribution in [1.82, 2.24) is 4.98 Å². The van der Waals surface area contributed by atoms with Crippen molar-refractivity contribution in [2.24, 2.45) is 11.7 Å². The zero-order valence-corrected chi connectivity index (χ0v) is 10.2. The monoisotopic (exact) mass is 219 g/mol. The van der Waals surface area contributed by atoms with Crippen LogP contribution in [0.1, 0.15) is 38.3 Å². The van der Waals surface area contributed by atoms with E-state index in [4.69, 9.17) is 5.73 Å². The molecule has 2 N–H and O–H groups in total. The van der Waals surface area contributed by atoms with Gasteiger partial charge >= 0.3 is 0 Å². The van der Waals surface area contributed by atoms with Gasteiger partial charge in [0.05, 0.1) is 0 Å². The van der Waals surface area contributed by atoms with Crippen LogP contribution in [0.3, 0.4) is 0 Å². The standard InChI is InChI=1S/C13H21N3/c1-10-5-7-16(8-6-10)13-4-3-12(9-15-13)11(2)14/h3-4,9-11H,5-8,14H2,1-2H3/t11-/m1/s1. The van der Waals surface area contributed by atoms with E-state index in [0.717, 1.165) is 30.4 Å². The van der Waals surface area contributed by atoms with Gasteiger partial charge < -0.3 is 10.6 Å². The molecule has 0 bridgehead atoms. The Morgan fingerprint density at radius 1 is 1.38 bits per heavy atom. The molecule has 1 fully saturated rings. The number of anilines is 1. The van der Waals surface area contributed by atoms with E-state index >= 15 is 0 Å². The summed E-state index contributed by atoms with van der Waals surface area (Å²) in [5.41, 5.74) is 6.91. The Hall–Kier alpha value is -1.09. The van der Waals surface area contributed by atoms with Crippen LogP contribution in [0, 0.1) is 5.92 Å². The molecule has 1 aromatic rings. The molecular weight excluding hydrogens is 198 g/mol. The fraction of sp³-hybridized carbons (Fsp3) is 0.615. The number of hydrogen-bond donors (Lipinski definition) is 1. The summed E-state index contributed by atoms with van der Waals surface area (Å²) in [5.74, 6) is 1.95. The summed E-state index contributed by atoms with van der Waals surface area (Å²) < 4.78 is 0. The van der Waals surface area contributed by atoms with Crippen LogP contribution >= 0.6 is 0 Å². The molecule has 16 heavy (non-hydrogen) atoms. The first-order chi connectivity index (χ1) is 7.66. The highest BCUT2D eigenvalue weighted by Gasteiger charge is 2.16. The highest BCUT2D eigenvalue weighted by atomic mass is 15.2. The van der Waals surface area contributed by atoms with E-state index < -0.39 is 0 Å². The molecule has 0 aromatic carbocycles. The van der Waals surface area contributed by atoms with Crippen LogP contribution < -0.4 is 10.6 Å². The molecule has 0 unspecified atom stereocenters. The van der Waals surface area contributed by atoms with E-state index in [0.29, 0.717) is 0 Å². The Kier molecular flexibility index (Phi) is 3.44. The Bertz CT molecular complexity index is 324. The Morgan fingerprint density at radius 3 is 2.56 bits per heavy atom. The van der Waals surface area contributed by atoms with Crippen molar-refractivity contribution in [2.45, 2.75) is 32.7 Å². The molecule has 88 valence electrons. The molecule has 0 radical (unpaired) electrons. The van der Waals surface area contributed by atoms with Crippen LogP contribution in [-0.4, -0.2) is 18.1 Å². The maximum atomic E-state index is 5.81. The van der Waals surface area contributed by atoms with Gasteiger partial charge in [-0.1, -0.05) is 13.0 Å². The summed E-state index contributed by atoms with van der Waals surface area (Å²) in [6, 6.07) is 4.25. The number of rotatable bonds is 2. The molecule has 0 aliphatic carbocycles. The van der Waals surface area contributed by atoms with E-state index in [9.17, 15) is 0 Å². The number of pyridine rings is 1. The molecule has 1 aromatic heterocycles. The summed E-state index contributed by atoms with van der Waals surface area (Å²) in [5, 5.41) is 0. The van der Waals surface area contributed by atoms with E-state index in [2.05, 4.69) is 28.9 Å². The molecular formula is C13H21N3. The molecule has 0 spiro atoms. The van der Waals surface area contributed by atoms with Gasteiger partial charge in [0.1, 0.15) is 5.82 Å². The van der Waals surface area contributed by atoms with Gasteiger partial charge in [-0.2, -0.15) is 0 Å². The lowest BCUT2D eigenvalue weighted by molar-refractivity contribution is 0.436. The second kappa shape index (κ2) is 4.83. The smallest absolute Gasteiger partial charge is 0.128 e. The van der Waals surface area contributed by atoms with Gasteiger partial charge in [0.15, 0.2) is 0 Å². The Labute approximate surface area is 97.7 Å². The third kappa shape index (κ3) is 2.53. The first-order valence-electron chi connectivity index (χ1n) is 6.13. The maximum Gasteiger partial charge on any atom is 0.128 e. The molecule has 2 heterocycles. The number of hydrogen-bond acceptors (Lipinski definition) is 3. The van der Waals surface area contributed by atoms with Gasteiger partial charge in [0, 0.05) is 25.3 Å². The highest BCUT2D eigenvalue weighted by molar-refractivity contribution is 5.40. The van der Waals surface area contributed by atoms with E-state index in [-0.39, 0.29) is 6.04 Å². The van der Waals surface area contributed by atoms with Crippen molar-refractivity contribution in [3.8, 4) is 0 Å². The summed E-state index contributed by atoms with van der Waals surface area (Å²) in [4.78, 5) is 6.86. The summed E-state index contributed by atoms with van der Waals surface area (Å²) in [7, 11) is 0. The zero-order chi connectivity index (χ0) is 11.5. The summed E-state index contributed by atoms with van der Waals surface area (Å²) in [6.45, 7) is 6.57. The van der Waals surface area contributed by atoms with Crippen molar-refractivity contribution < 1.29 is 0 Å². The largest absolute Gasteiger partial charge is 0.357 e. The van der Waals surface area contributed by atoms with Gasteiger partial charge in [0.2, 0.25) is 0 Å². The highest BCUT2D eigenvalue weighted by Crippen LogP contribution is 2.21. The molecule has 1 atom stereocenters. The third-order valence-electron chi connectivity index (χ3n) is 3.40. The van der Waals surface area contributed by atoms with Crippen LogP contribution in [0.2, 0.25) is 0 Å². The second-order valence-corrected chi connectivity index (χ2v) is 4.91. The number of piperidine rings is 1. The van der Waals surface area contributed by atoms with Crippen LogP contribution in [-0.2, 0) is 0 Å². The Morgan fingerprint density at radius 2 is 2.06 bits per heavy atom. The predicted molar refractivity (Wildman–Crippen MR) is 67.5 cm³/mol. The fourth-order valence-corrected chi connectivity index (χ4v) is 2.09. The molecule has 1 aliphatic rings. The van der Waals surface area contributed by atoms with Crippen molar-refractivity contribution >= 4 is 5.82 Å². The number of nitrogens with two attached hydrogens (primary N) is 1. The summed E-state index contributed by atoms with van der Waals surface area (Å²) in [6.07, 6.45) is 4.45. The van der Waals surface area contributed by atoms with Crippen molar-refractivity contribution in [3.63, 3.8) is 0 Å². The van der Waals surface area contributed by atoms with Crippen LogP contribution in [0.5, 0.6) is 0 Å². The average Bonchev–Trinajstić information content (AvgIpc) is 2.30. The molecule has 2 rings (SSSR count). The van der Waals surface area contributed by atoms with Crippen molar-refractivity contribution in [2.75, 3.05) is 18.0 Å². The lowest BCUT2D eigenvalue weighted by Crippen LogP contribution is -2.33. The molecule has 0 saturated carbocycles. The lowest BCUT2D eigenvalue weighted by Gasteiger charge is -2.31.